The van der Waals surface area contributed by atoms with Gasteiger partial charge >= 0.3 is 6.03 Å². The lowest BCUT2D eigenvalue weighted by atomic mass is 9.95. The van der Waals surface area contributed by atoms with E-state index < -0.39 is 17.5 Å². The molecule has 1 atom stereocenters. The summed E-state index contributed by atoms with van der Waals surface area (Å²) >= 11 is 0. The van der Waals surface area contributed by atoms with Gasteiger partial charge in [0.05, 0.1) is 25.5 Å². The van der Waals surface area contributed by atoms with Gasteiger partial charge in [-0.25, -0.2) is 9.78 Å². The standard InChI is InChI=1S/C24H20N6O5/c1-29-10-14(9-25-29)17-5-6-19-18(26-17)8-20(35-19)24(22(32)27-23(33)28-24)12-30-11-13-3-4-15(34-2)7-16(13)21(30)31/h3-10H,11-12H2,1-2H3,(H2,27,28,32,33). The summed E-state index contributed by atoms with van der Waals surface area (Å²) in [6, 6.07) is 9.77. The number of aromatic nitrogens is 3. The van der Waals surface area contributed by atoms with Crippen LogP contribution >= 0.6 is 0 Å². The Morgan fingerprint density at radius 2 is 2.03 bits per heavy atom. The van der Waals surface area contributed by atoms with Crippen LogP contribution in [0.5, 0.6) is 5.75 Å². The number of nitrogens with one attached hydrogen (secondary N) is 2. The fourth-order valence-corrected chi connectivity index (χ4v) is 4.58. The number of aryl methyl sites for hydroxylation is 1. The van der Waals surface area contributed by atoms with Gasteiger partial charge in [-0.3, -0.25) is 19.6 Å². The number of carbonyl (C=O) groups excluding carboxylic acids is 3. The Labute approximate surface area is 198 Å². The van der Waals surface area contributed by atoms with Crippen molar-refractivity contribution in [1.82, 2.24) is 30.3 Å². The Hall–Kier alpha value is -4.67. The van der Waals surface area contributed by atoms with E-state index in [4.69, 9.17) is 9.15 Å². The van der Waals surface area contributed by atoms with Gasteiger partial charge in [0.15, 0.2) is 11.1 Å². The van der Waals surface area contributed by atoms with Crippen molar-refractivity contribution in [2.45, 2.75) is 12.1 Å². The molecule has 0 aliphatic carbocycles. The molecule has 0 bridgehead atoms. The van der Waals surface area contributed by atoms with Gasteiger partial charge in [0.1, 0.15) is 17.0 Å². The maximum absolute atomic E-state index is 13.2. The molecule has 5 heterocycles. The molecule has 2 aliphatic heterocycles. The topological polar surface area (TPSA) is 132 Å². The first kappa shape index (κ1) is 20.9. The molecule has 1 unspecified atom stereocenters. The van der Waals surface area contributed by atoms with E-state index in [0.717, 1.165) is 11.1 Å². The van der Waals surface area contributed by atoms with E-state index in [9.17, 15) is 14.4 Å². The van der Waals surface area contributed by atoms with E-state index in [-0.39, 0.29) is 24.8 Å². The number of furan rings is 1. The van der Waals surface area contributed by atoms with Crippen LogP contribution < -0.4 is 15.4 Å². The van der Waals surface area contributed by atoms with Crippen LogP contribution in [0.25, 0.3) is 22.4 Å². The smallest absolute Gasteiger partial charge is 0.322 e. The Morgan fingerprint density at radius 3 is 2.74 bits per heavy atom. The van der Waals surface area contributed by atoms with E-state index >= 15 is 0 Å². The van der Waals surface area contributed by atoms with E-state index in [1.54, 1.807) is 41.2 Å². The molecule has 4 aromatic rings. The van der Waals surface area contributed by atoms with Crippen molar-refractivity contribution in [1.29, 1.82) is 0 Å². The number of nitrogens with zero attached hydrogens (tertiary/aromatic N) is 4. The normalized spacial score (nSPS) is 19.3. The molecule has 1 aromatic carbocycles. The van der Waals surface area contributed by atoms with Crippen molar-refractivity contribution in [3.05, 3.63) is 65.7 Å². The van der Waals surface area contributed by atoms with Crippen molar-refractivity contribution < 1.29 is 23.5 Å². The Balaban J connectivity index is 1.38. The largest absolute Gasteiger partial charge is 0.497 e. The van der Waals surface area contributed by atoms with Gasteiger partial charge in [-0.15, -0.1) is 0 Å². The second-order valence-corrected chi connectivity index (χ2v) is 8.59. The Kier molecular flexibility index (Phi) is 4.43. The molecule has 0 spiro atoms. The summed E-state index contributed by atoms with van der Waals surface area (Å²) < 4.78 is 12.9. The number of ether oxygens (including phenoxy) is 1. The van der Waals surface area contributed by atoms with E-state index in [1.807, 2.05) is 19.3 Å². The summed E-state index contributed by atoms with van der Waals surface area (Å²) in [4.78, 5) is 44.6. The zero-order valence-electron chi connectivity index (χ0n) is 18.9. The molecule has 1 saturated heterocycles. The van der Waals surface area contributed by atoms with Gasteiger partial charge in [-0.1, -0.05) is 6.07 Å². The highest BCUT2D eigenvalue weighted by Crippen LogP contribution is 2.35. The Bertz CT molecular complexity index is 1540. The maximum atomic E-state index is 13.2. The third-order valence-corrected chi connectivity index (χ3v) is 6.36. The van der Waals surface area contributed by atoms with E-state index in [1.165, 1.54) is 12.0 Å². The minimum atomic E-state index is -1.60. The van der Waals surface area contributed by atoms with Crippen LogP contribution in [0.2, 0.25) is 0 Å². The quantitative estimate of drug-likeness (QED) is 0.424. The van der Waals surface area contributed by atoms with Gasteiger partial charge in [0, 0.05) is 37.0 Å². The molecule has 1 fully saturated rings. The number of amides is 4. The second kappa shape index (κ2) is 7.42. The van der Waals surface area contributed by atoms with Gasteiger partial charge in [-0.2, -0.15) is 5.10 Å². The lowest BCUT2D eigenvalue weighted by Crippen LogP contribution is -2.52. The van der Waals surface area contributed by atoms with Crippen molar-refractivity contribution in [2.24, 2.45) is 7.05 Å². The van der Waals surface area contributed by atoms with Crippen molar-refractivity contribution in [3.8, 4) is 17.0 Å². The number of urea groups is 1. The average molecular weight is 472 g/mol. The summed E-state index contributed by atoms with van der Waals surface area (Å²) in [6.07, 6.45) is 3.54. The molecule has 3 aromatic heterocycles. The molecule has 2 N–H and O–H groups in total. The van der Waals surface area contributed by atoms with Crippen LogP contribution in [-0.2, 0) is 23.9 Å². The van der Waals surface area contributed by atoms with Gasteiger partial charge in [-0.05, 0) is 29.8 Å². The number of carbonyl (C=O) groups is 3. The van der Waals surface area contributed by atoms with Crippen molar-refractivity contribution in [3.63, 3.8) is 0 Å². The number of methoxy groups -OCH3 is 1. The molecule has 0 radical (unpaired) electrons. The first-order chi connectivity index (χ1) is 16.9. The number of rotatable bonds is 5. The van der Waals surface area contributed by atoms with Crippen LogP contribution in [0.1, 0.15) is 21.7 Å². The highest BCUT2D eigenvalue weighted by molar-refractivity contribution is 6.08. The molecule has 11 heteroatoms. The number of pyridine rings is 1. The van der Waals surface area contributed by atoms with Gasteiger partial charge < -0.3 is 19.4 Å². The first-order valence-electron chi connectivity index (χ1n) is 10.9. The highest BCUT2D eigenvalue weighted by atomic mass is 16.5. The zero-order valence-corrected chi connectivity index (χ0v) is 18.9. The summed E-state index contributed by atoms with van der Waals surface area (Å²) in [7, 11) is 3.35. The molecule has 2 aliphatic rings. The lowest BCUT2D eigenvalue weighted by Gasteiger charge is -2.28. The molecular formula is C24H20N6O5. The Morgan fingerprint density at radius 1 is 1.17 bits per heavy atom. The predicted molar refractivity (Wildman–Crippen MR) is 122 cm³/mol. The first-order valence-corrected chi connectivity index (χ1v) is 10.9. The maximum Gasteiger partial charge on any atom is 0.322 e. The van der Waals surface area contributed by atoms with E-state index in [0.29, 0.717) is 28.1 Å². The summed E-state index contributed by atoms with van der Waals surface area (Å²) in [5, 5.41) is 9.14. The SMILES string of the molecule is COc1ccc2c(c1)C(=O)N(CC1(c3cc4nc(-c5cnn(C)c5)ccc4o3)NC(=O)NC1=O)C2. The van der Waals surface area contributed by atoms with Crippen LogP contribution in [0, 0.1) is 0 Å². The fraction of sp³-hybridized carbons (Fsp3) is 0.208. The molecule has 4 amide bonds. The third kappa shape index (κ3) is 3.23. The molecule has 6 rings (SSSR count). The molecule has 35 heavy (non-hydrogen) atoms. The van der Waals surface area contributed by atoms with Crippen molar-refractivity contribution in [2.75, 3.05) is 13.7 Å². The third-order valence-electron chi connectivity index (χ3n) is 6.36. The van der Waals surface area contributed by atoms with Crippen LogP contribution in [0.4, 0.5) is 4.79 Å². The van der Waals surface area contributed by atoms with E-state index in [2.05, 4.69) is 20.7 Å². The number of hydrogen-bond acceptors (Lipinski definition) is 7. The van der Waals surface area contributed by atoms with Gasteiger partial charge in [0.25, 0.3) is 11.8 Å². The molecule has 176 valence electrons. The lowest BCUT2D eigenvalue weighted by molar-refractivity contribution is -0.125. The van der Waals surface area contributed by atoms with Crippen molar-refractivity contribution >= 4 is 28.9 Å². The molecular weight excluding hydrogens is 452 g/mol. The minimum Gasteiger partial charge on any atom is -0.497 e. The molecule has 11 nitrogen and oxygen atoms in total. The highest BCUT2D eigenvalue weighted by Gasteiger charge is 2.53. The second-order valence-electron chi connectivity index (χ2n) is 8.59. The summed E-state index contributed by atoms with van der Waals surface area (Å²) in [6.45, 7) is 0.169. The molecule has 0 saturated carbocycles. The number of imide groups is 1. The minimum absolute atomic E-state index is 0.115. The monoisotopic (exact) mass is 472 g/mol. The predicted octanol–water partition coefficient (Wildman–Crippen LogP) is 1.93. The summed E-state index contributed by atoms with van der Waals surface area (Å²) in [5.41, 5.74) is 2.17. The zero-order chi connectivity index (χ0) is 24.3. The summed E-state index contributed by atoms with van der Waals surface area (Å²) in [5.74, 6) is -0.114. The van der Waals surface area contributed by atoms with Crippen LogP contribution in [0.3, 0.4) is 0 Å². The van der Waals surface area contributed by atoms with Crippen LogP contribution in [-0.4, -0.2) is 51.2 Å². The number of fused-ring (bicyclic) bond motifs is 2. The fourth-order valence-electron chi connectivity index (χ4n) is 4.58. The average Bonchev–Trinajstić information content (AvgIpc) is 3.60. The number of benzene rings is 1. The number of hydrogen-bond donors (Lipinski definition) is 2. The van der Waals surface area contributed by atoms with Gasteiger partial charge in [0.2, 0.25) is 0 Å². The van der Waals surface area contributed by atoms with Crippen LogP contribution in [0.15, 0.2) is 53.2 Å².